The molecule has 0 saturated heterocycles. The molecule has 28 heavy (non-hydrogen) atoms. The van der Waals surface area contributed by atoms with E-state index in [2.05, 4.69) is 15.3 Å². The smallest absolute Gasteiger partial charge is 0.255 e. The van der Waals surface area contributed by atoms with Crippen LogP contribution in [-0.4, -0.2) is 20.4 Å². The zero-order valence-electron chi connectivity index (χ0n) is 15.2. The Morgan fingerprint density at radius 2 is 1.86 bits per heavy atom. The van der Waals surface area contributed by atoms with Gasteiger partial charge < -0.3 is 5.32 Å². The molecule has 2 aromatic carbocycles. The van der Waals surface area contributed by atoms with E-state index < -0.39 is 0 Å². The van der Waals surface area contributed by atoms with E-state index in [-0.39, 0.29) is 5.91 Å². The Morgan fingerprint density at radius 3 is 2.64 bits per heavy atom. The predicted octanol–water partition coefficient (Wildman–Crippen LogP) is 5.60. The van der Waals surface area contributed by atoms with Crippen molar-refractivity contribution in [1.29, 1.82) is 0 Å². The number of amides is 1. The van der Waals surface area contributed by atoms with Gasteiger partial charge in [0.1, 0.15) is 11.3 Å². The quantitative estimate of drug-likeness (QED) is 0.478. The molecular weight excluding hydrogens is 395 g/mol. The lowest BCUT2D eigenvalue weighted by molar-refractivity contribution is 0.102. The highest BCUT2D eigenvalue weighted by molar-refractivity contribution is 6.34. The summed E-state index contributed by atoms with van der Waals surface area (Å²) in [6.45, 7) is 3.81. The number of hydrogen-bond donors (Lipinski definition) is 1. The van der Waals surface area contributed by atoms with Crippen LogP contribution in [0.2, 0.25) is 10.0 Å². The number of carbonyl (C=O) groups is 1. The maximum atomic E-state index is 12.8. The number of pyridine rings is 1. The molecule has 4 rings (SSSR count). The van der Waals surface area contributed by atoms with E-state index >= 15 is 0 Å². The van der Waals surface area contributed by atoms with Crippen molar-refractivity contribution >= 4 is 46.0 Å². The molecule has 0 fully saturated rings. The van der Waals surface area contributed by atoms with Gasteiger partial charge in [0.25, 0.3) is 5.91 Å². The average Bonchev–Trinajstić information content (AvgIpc) is 3.00. The highest BCUT2D eigenvalue weighted by atomic mass is 35.5. The number of benzene rings is 2. The van der Waals surface area contributed by atoms with Gasteiger partial charge in [-0.1, -0.05) is 29.3 Å². The van der Waals surface area contributed by atoms with Crippen LogP contribution in [0.15, 0.2) is 54.7 Å². The molecule has 0 radical (unpaired) electrons. The molecular formula is C21H16Cl2N4O. The van der Waals surface area contributed by atoms with Gasteiger partial charge in [0.2, 0.25) is 0 Å². The minimum atomic E-state index is -0.279. The van der Waals surface area contributed by atoms with Crippen LogP contribution in [-0.2, 0) is 0 Å². The Kier molecular flexibility index (Phi) is 4.79. The average molecular weight is 411 g/mol. The first-order chi connectivity index (χ1) is 13.4. The SMILES string of the molecule is Cc1ccc(NC(=O)c2ccc(Cl)c(-n3c(C)nc4cccnc43)c2)c(Cl)c1. The molecule has 0 atom stereocenters. The Morgan fingerprint density at radius 1 is 1.04 bits per heavy atom. The molecule has 0 bridgehead atoms. The predicted molar refractivity (Wildman–Crippen MR) is 113 cm³/mol. The third-order valence-electron chi connectivity index (χ3n) is 4.41. The van der Waals surface area contributed by atoms with Gasteiger partial charge >= 0.3 is 0 Å². The number of carbonyl (C=O) groups excluding carboxylic acids is 1. The number of aromatic nitrogens is 3. The fourth-order valence-electron chi connectivity index (χ4n) is 3.06. The zero-order chi connectivity index (χ0) is 19.8. The lowest BCUT2D eigenvalue weighted by Crippen LogP contribution is -2.13. The zero-order valence-corrected chi connectivity index (χ0v) is 16.7. The fraction of sp³-hybridized carbons (Fsp3) is 0.0952. The normalized spacial score (nSPS) is 11.0. The number of rotatable bonds is 3. The molecule has 0 unspecified atom stereocenters. The standard InChI is InChI=1S/C21H16Cl2N4O/c1-12-5-8-17(16(23)10-12)26-21(28)14-6-7-15(22)19(11-14)27-13(2)25-18-4-3-9-24-20(18)27/h3-11H,1-2H3,(H,26,28). The molecule has 0 aliphatic carbocycles. The number of nitrogens with zero attached hydrogens (tertiary/aromatic N) is 3. The Labute approximate surface area is 171 Å². The summed E-state index contributed by atoms with van der Waals surface area (Å²) in [6, 6.07) is 14.3. The van der Waals surface area contributed by atoms with Gasteiger partial charge in [0.15, 0.2) is 5.65 Å². The lowest BCUT2D eigenvalue weighted by Gasteiger charge is -2.12. The monoisotopic (exact) mass is 410 g/mol. The molecule has 1 amide bonds. The second-order valence-electron chi connectivity index (χ2n) is 6.44. The minimum absolute atomic E-state index is 0.279. The van der Waals surface area contributed by atoms with Crippen LogP contribution in [0.1, 0.15) is 21.7 Å². The number of aryl methyl sites for hydroxylation is 2. The molecule has 0 spiro atoms. The van der Waals surface area contributed by atoms with Crippen molar-refractivity contribution in [2.75, 3.05) is 5.32 Å². The number of fused-ring (bicyclic) bond motifs is 1. The van der Waals surface area contributed by atoms with Crippen LogP contribution < -0.4 is 5.32 Å². The first kappa shape index (κ1) is 18.5. The summed E-state index contributed by atoms with van der Waals surface area (Å²) in [4.78, 5) is 21.7. The topological polar surface area (TPSA) is 59.8 Å². The number of imidazole rings is 1. The van der Waals surface area contributed by atoms with E-state index in [9.17, 15) is 4.79 Å². The van der Waals surface area contributed by atoms with Crippen LogP contribution >= 0.6 is 23.2 Å². The summed E-state index contributed by atoms with van der Waals surface area (Å²) >= 11 is 12.7. The maximum Gasteiger partial charge on any atom is 0.255 e. The van der Waals surface area contributed by atoms with E-state index in [1.165, 1.54) is 0 Å². The minimum Gasteiger partial charge on any atom is -0.321 e. The largest absolute Gasteiger partial charge is 0.321 e. The highest BCUT2D eigenvalue weighted by Gasteiger charge is 2.16. The fourth-order valence-corrected chi connectivity index (χ4v) is 3.54. The van der Waals surface area contributed by atoms with Crippen molar-refractivity contribution in [2.45, 2.75) is 13.8 Å². The van der Waals surface area contributed by atoms with Gasteiger partial charge in [-0.15, -0.1) is 0 Å². The number of halogens is 2. The molecule has 2 heterocycles. The first-order valence-corrected chi connectivity index (χ1v) is 9.37. The number of nitrogens with one attached hydrogen (secondary N) is 1. The van der Waals surface area contributed by atoms with E-state index in [1.807, 2.05) is 36.6 Å². The van der Waals surface area contributed by atoms with E-state index in [0.717, 1.165) is 16.9 Å². The third-order valence-corrected chi connectivity index (χ3v) is 5.04. The summed E-state index contributed by atoms with van der Waals surface area (Å²) in [5, 5.41) is 3.83. The van der Waals surface area contributed by atoms with Crippen LogP contribution in [0.25, 0.3) is 16.9 Å². The highest BCUT2D eigenvalue weighted by Crippen LogP contribution is 2.28. The molecule has 0 aliphatic rings. The van der Waals surface area contributed by atoms with Crippen LogP contribution in [0.3, 0.4) is 0 Å². The Balaban J connectivity index is 1.75. The van der Waals surface area contributed by atoms with E-state index in [0.29, 0.717) is 32.6 Å². The van der Waals surface area contributed by atoms with E-state index in [1.54, 1.807) is 36.5 Å². The van der Waals surface area contributed by atoms with Gasteiger partial charge in [-0.2, -0.15) is 0 Å². The summed E-state index contributed by atoms with van der Waals surface area (Å²) in [5.74, 6) is 0.452. The van der Waals surface area contributed by atoms with Crippen molar-refractivity contribution < 1.29 is 4.79 Å². The lowest BCUT2D eigenvalue weighted by atomic mass is 10.1. The molecule has 5 nitrogen and oxygen atoms in total. The van der Waals surface area contributed by atoms with Crippen molar-refractivity contribution in [2.24, 2.45) is 0 Å². The summed E-state index contributed by atoms with van der Waals surface area (Å²) in [6.07, 6.45) is 1.70. The second-order valence-corrected chi connectivity index (χ2v) is 7.26. The molecule has 0 saturated carbocycles. The molecule has 1 N–H and O–H groups in total. The van der Waals surface area contributed by atoms with Crippen molar-refractivity contribution in [1.82, 2.24) is 14.5 Å². The van der Waals surface area contributed by atoms with Crippen LogP contribution in [0.4, 0.5) is 5.69 Å². The Hall–Kier alpha value is -2.89. The van der Waals surface area contributed by atoms with Gasteiger partial charge in [0, 0.05) is 11.8 Å². The number of hydrogen-bond acceptors (Lipinski definition) is 3. The first-order valence-electron chi connectivity index (χ1n) is 8.61. The summed E-state index contributed by atoms with van der Waals surface area (Å²) < 4.78 is 1.84. The van der Waals surface area contributed by atoms with Crippen molar-refractivity contribution in [3.8, 4) is 5.69 Å². The van der Waals surface area contributed by atoms with Crippen LogP contribution in [0.5, 0.6) is 0 Å². The molecule has 0 aliphatic heterocycles. The van der Waals surface area contributed by atoms with Crippen molar-refractivity contribution in [3.05, 3.63) is 81.7 Å². The second kappa shape index (κ2) is 7.26. The molecule has 7 heteroatoms. The molecule has 4 aromatic rings. The van der Waals surface area contributed by atoms with Gasteiger partial charge in [-0.25, -0.2) is 9.97 Å². The molecule has 2 aromatic heterocycles. The Bertz CT molecular complexity index is 1220. The van der Waals surface area contributed by atoms with Crippen LogP contribution in [0, 0.1) is 13.8 Å². The van der Waals surface area contributed by atoms with E-state index in [4.69, 9.17) is 23.2 Å². The number of anilines is 1. The third kappa shape index (κ3) is 3.35. The van der Waals surface area contributed by atoms with Crippen molar-refractivity contribution in [3.63, 3.8) is 0 Å². The summed E-state index contributed by atoms with van der Waals surface area (Å²) in [5.41, 5.74) is 4.11. The van der Waals surface area contributed by atoms with Gasteiger partial charge in [-0.3, -0.25) is 9.36 Å². The van der Waals surface area contributed by atoms with Gasteiger partial charge in [0.05, 0.1) is 21.4 Å². The van der Waals surface area contributed by atoms with Gasteiger partial charge in [-0.05, 0) is 61.9 Å². The maximum absolute atomic E-state index is 12.8. The summed E-state index contributed by atoms with van der Waals surface area (Å²) in [7, 11) is 0. The molecule has 140 valence electrons.